The molecule has 5 N–H and O–H groups in total. The van der Waals surface area contributed by atoms with Gasteiger partial charge in [-0.1, -0.05) is 13.8 Å². The van der Waals surface area contributed by atoms with Gasteiger partial charge in [0.15, 0.2) is 0 Å². The summed E-state index contributed by atoms with van der Waals surface area (Å²) in [5.41, 5.74) is 11.1. The molecule has 0 fully saturated rings. The lowest BCUT2D eigenvalue weighted by molar-refractivity contribution is -0.117. The monoisotopic (exact) mass is 280 g/mol. The zero-order chi connectivity index (χ0) is 15.1. The molecule has 0 saturated carbocycles. The molecule has 20 heavy (non-hydrogen) atoms. The molecular weight excluding hydrogens is 260 g/mol. The molecule has 0 saturated heterocycles. The van der Waals surface area contributed by atoms with Gasteiger partial charge in [0, 0.05) is 30.5 Å². The Morgan fingerprint density at radius 1 is 1.20 bits per heavy atom. The van der Waals surface area contributed by atoms with Gasteiger partial charge in [-0.15, -0.1) is 0 Å². The van der Waals surface area contributed by atoms with Gasteiger partial charge in [0.05, 0.1) is 0 Å². The van der Waals surface area contributed by atoms with E-state index in [1.807, 2.05) is 13.8 Å². The number of aromatic nitrogens is 2. The van der Waals surface area contributed by atoms with E-state index in [0.717, 1.165) is 5.56 Å². The van der Waals surface area contributed by atoms with Crippen molar-refractivity contribution in [1.82, 2.24) is 15.3 Å². The highest BCUT2D eigenvalue weighted by molar-refractivity contribution is 5.83. The van der Waals surface area contributed by atoms with Crippen LogP contribution in [0.2, 0.25) is 0 Å². The highest BCUT2D eigenvalue weighted by Gasteiger charge is 2.14. The van der Waals surface area contributed by atoms with E-state index in [9.17, 15) is 9.59 Å². The summed E-state index contributed by atoms with van der Waals surface area (Å²) >= 11 is 0. The number of amides is 2. The van der Waals surface area contributed by atoms with Crippen LogP contribution in [0, 0.1) is 0 Å². The van der Waals surface area contributed by atoms with Crippen LogP contribution in [-0.2, 0) is 16.1 Å². The van der Waals surface area contributed by atoms with Crippen molar-refractivity contribution in [2.24, 2.45) is 11.5 Å². The van der Waals surface area contributed by atoms with Crippen LogP contribution in [0.3, 0.4) is 0 Å². The quantitative estimate of drug-likeness (QED) is 0.546. The minimum atomic E-state index is -0.583. The molecule has 0 bridgehead atoms. The largest absolute Gasteiger partial charge is 0.368 e. The van der Waals surface area contributed by atoms with E-state index in [2.05, 4.69) is 15.3 Å². The third kappa shape index (κ3) is 5.61. The Kier molecular flexibility index (Phi) is 5.85. The van der Waals surface area contributed by atoms with Gasteiger partial charge in [-0.25, -0.2) is 9.97 Å². The zero-order valence-corrected chi connectivity index (χ0v) is 11.7. The Morgan fingerprint density at radius 2 is 1.70 bits per heavy atom. The Hall–Kier alpha value is -2.22. The van der Waals surface area contributed by atoms with E-state index >= 15 is 0 Å². The average molecular weight is 280 g/mol. The van der Waals surface area contributed by atoms with Gasteiger partial charge >= 0.3 is 0 Å². The fourth-order valence-corrected chi connectivity index (χ4v) is 1.50. The van der Waals surface area contributed by atoms with Crippen LogP contribution in [0.1, 0.15) is 19.4 Å². The van der Waals surface area contributed by atoms with Crippen molar-refractivity contribution in [1.29, 1.82) is 0 Å². The highest BCUT2D eigenvalue weighted by Crippen LogP contribution is 2.06. The summed E-state index contributed by atoms with van der Waals surface area (Å²) in [6.07, 6.45) is 3.26. The van der Waals surface area contributed by atoms with E-state index in [1.165, 1.54) is 4.90 Å². The van der Waals surface area contributed by atoms with E-state index < -0.39 is 11.8 Å². The molecule has 0 aliphatic carbocycles. The first-order valence-electron chi connectivity index (χ1n) is 6.24. The summed E-state index contributed by atoms with van der Waals surface area (Å²) in [5.74, 6) is -0.920. The second-order valence-electron chi connectivity index (χ2n) is 4.72. The number of primary amides is 2. The summed E-state index contributed by atoms with van der Waals surface area (Å²) in [4.78, 5) is 31.5. The second-order valence-corrected chi connectivity index (χ2v) is 4.72. The first-order chi connectivity index (χ1) is 9.38. The van der Waals surface area contributed by atoms with Gasteiger partial charge in [0.25, 0.3) is 0 Å². The van der Waals surface area contributed by atoms with Crippen molar-refractivity contribution < 1.29 is 9.59 Å². The molecular formula is C12H20N6O2. The number of nitrogens with one attached hydrogen (secondary N) is 1. The van der Waals surface area contributed by atoms with Crippen LogP contribution in [-0.4, -0.2) is 40.9 Å². The van der Waals surface area contributed by atoms with Crippen LogP contribution in [0.25, 0.3) is 0 Å². The van der Waals surface area contributed by atoms with Crippen LogP contribution in [0.5, 0.6) is 0 Å². The Labute approximate surface area is 117 Å². The molecule has 8 nitrogen and oxygen atoms in total. The molecule has 0 spiro atoms. The van der Waals surface area contributed by atoms with Crippen LogP contribution in [0.15, 0.2) is 12.4 Å². The molecule has 110 valence electrons. The number of rotatable bonds is 8. The molecule has 2 amide bonds. The van der Waals surface area contributed by atoms with Crippen molar-refractivity contribution in [3.63, 3.8) is 0 Å². The Balaban J connectivity index is 2.76. The summed E-state index contributed by atoms with van der Waals surface area (Å²) < 4.78 is 0. The fraction of sp³-hybridized carbons (Fsp3) is 0.500. The third-order valence-electron chi connectivity index (χ3n) is 2.38. The van der Waals surface area contributed by atoms with Gasteiger partial charge in [0.2, 0.25) is 17.8 Å². The van der Waals surface area contributed by atoms with Gasteiger partial charge in [-0.05, 0) is 0 Å². The first-order valence-corrected chi connectivity index (χ1v) is 6.24. The van der Waals surface area contributed by atoms with E-state index in [1.54, 1.807) is 12.4 Å². The molecule has 0 unspecified atom stereocenters. The average Bonchev–Trinajstić information content (AvgIpc) is 2.35. The molecule has 1 aromatic rings. The predicted molar refractivity (Wildman–Crippen MR) is 74.6 cm³/mol. The third-order valence-corrected chi connectivity index (χ3v) is 2.38. The minimum Gasteiger partial charge on any atom is -0.368 e. The number of nitrogens with zero attached hydrogens (tertiary/aromatic N) is 3. The lowest BCUT2D eigenvalue weighted by Gasteiger charge is -2.19. The normalized spacial score (nSPS) is 10.6. The number of hydrogen-bond donors (Lipinski definition) is 3. The maximum Gasteiger partial charge on any atom is 0.237 e. The van der Waals surface area contributed by atoms with Gasteiger partial charge < -0.3 is 21.7 Å². The van der Waals surface area contributed by atoms with Crippen LogP contribution in [0.4, 0.5) is 5.95 Å². The maximum absolute atomic E-state index is 11.0. The molecule has 0 atom stereocenters. The van der Waals surface area contributed by atoms with Crippen LogP contribution >= 0.6 is 0 Å². The SMILES string of the molecule is CC(C)NCc1cnc(N(CC(N)=O)CC(N)=O)nc1. The molecule has 1 rings (SSSR count). The fourth-order valence-electron chi connectivity index (χ4n) is 1.50. The smallest absolute Gasteiger partial charge is 0.237 e. The summed E-state index contributed by atoms with van der Waals surface area (Å²) in [7, 11) is 0. The first kappa shape index (κ1) is 15.8. The molecule has 1 aromatic heterocycles. The van der Waals surface area contributed by atoms with Gasteiger partial charge in [-0.3, -0.25) is 9.59 Å². The van der Waals surface area contributed by atoms with Gasteiger partial charge in [0.1, 0.15) is 13.1 Å². The Bertz CT molecular complexity index is 444. The molecule has 0 aliphatic rings. The minimum absolute atomic E-state index is 0.160. The number of carbonyl (C=O) groups excluding carboxylic acids is 2. The predicted octanol–water partition coefficient (Wildman–Crippen LogP) is -1.25. The van der Waals surface area contributed by atoms with Crippen molar-refractivity contribution in [2.75, 3.05) is 18.0 Å². The second kappa shape index (κ2) is 7.39. The highest BCUT2D eigenvalue weighted by atomic mass is 16.2. The molecule has 1 heterocycles. The van der Waals surface area contributed by atoms with Crippen molar-refractivity contribution in [2.45, 2.75) is 26.4 Å². The zero-order valence-electron chi connectivity index (χ0n) is 11.7. The number of hydrogen-bond acceptors (Lipinski definition) is 6. The van der Waals surface area contributed by atoms with Gasteiger partial charge in [-0.2, -0.15) is 0 Å². The number of nitrogens with two attached hydrogens (primary N) is 2. The number of anilines is 1. The van der Waals surface area contributed by atoms with E-state index in [4.69, 9.17) is 11.5 Å². The molecule has 0 aromatic carbocycles. The van der Waals surface area contributed by atoms with E-state index in [-0.39, 0.29) is 19.0 Å². The van der Waals surface area contributed by atoms with Crippen molar-refractivity contribution >= 4 is 17.8 Å². The molecule has 8 heteroatoms. The summed E-state index contributed by atoms with van der Waals surface area (Å²) in [6, 6.07) is 0.357. The molecule has 0 radical (unpaired) electrons. The molecule has 0 aliphatic heterocycles. The lowest BCUT2D eigenvalue weighted by Crippen LogP contribution is -2.40. The topological polar surface area (TPSA) is 127 Å². The standard InChI is InChI=1S/C12H20N6O2/c1-8(2)15-3-9-4-16-12(17-5-9)18(6-10(13)19)7-11(14)20/h4-5,8,15H,3,6-7H2,1-2H3,(H2,13,19)(H2,14,20). The summed E-state index contributed by atoms with van der Waals surface area (Å²) in [5, 5.41) is 3.23. The maximum atomic E-state index is 11.0. The Morgan fingerprint density at radius 3 is 2.10 bits per heavy atom. The van der Waals surface area contributed by atoms with Crippen LogP contribution < -0.4 is 21.7 Å². The van der Waals surface area contributed by atoms with E-state index in [0.29, 0.717) is 12.6 Å². The van der Waals surface area contributed by atoms with Crippen molar-refractivity contribution in [3.8, 4) is 0 Å². The lowest BCUT2D eigenvalue weighted by atomic mass is 10.3. The number of carbonyl (C=O) groups is 2. The summed E-state index contributed by atoms with van der Waals surface area (Å²) in [6.45, 7) is 4.40. The van der Waals surface area contributed by atoms with Crippen molar-refractivity contribution in [3.05, 3.63) is 18.0 Å².